The summed E-state index contributed by atoms with van der Waals surface area (Å²) < 4.78 is 5.22. The molecule has 1 aromatic heterocycles. The van der Waals surface area contributed by atoms with E-state index in [4.69, 9.17) is 10.3 Å². The van der Waals surface area contributed by atoms with Crippen molar-refractivity contribution < 1.29 is 4.52 Å². The van der Waals surface area contributed by atoms with Crippen LogP contribution in [-0.4, -0.2) is 16.2 Å². The topological polar surface area (TPSA) is 64.9 Å². The van der Waals surface area contributed by atoms with Gasteiger partial charge in [-0.1, -0.05) is 49.3 Å². The van der Waals surface area contributed by atoms with Crippen molar-refractivity contribution in [2.75, 3.05) is 0 Å². The average Bonchev–Trinajstić information content (AvgIpc) is 2.77. The zero-order valence-electron chi connectivity index (χ0n) is 10.8. The van der Waals surface area contributed by atoms with Crippen molar-refractivity contribution in [3.05, 3.63) is 47.6 Å². The first kappa shape index (κ1) is 12.8. The molecule has 0 saturated carbocycles. The highest BCUT2D eigenvalue weighted by atomic mass is 16.5. The van der Waals surface area contributed by atoms with E-state index in [-0.39, 0.29) is 6.04 Å². The van der Waals surface area contributed by atoms with Crippen LogP contribution in [0, 0.1) is 5.92 Å². The van der Waals surface area contributed by atoms with Crippen LogP contribution < -0.4 is 5.73 Å². The number of aromatic nitrogens is 2. The lowest BCUT2D eigenvalue weighted by atomic mass is 10.0. The third-order valence-corrected chi connectivity index (χ3v) is 2.98. The van der Waals surface area contributed by atoms with E-state index in [1.165, 1.54) is 5.56 Å². The zero-order chi connectivity index (χ0) is 13.0. The van der Waals surface area contributed by atoms with Crippen molar-refractivity contribution >= 4 is 0 Å². The monoisotopic (exact) mass is 245 g/mol. The van der Waals surface area contributed by atoms with E-state index in [1.54, 1.807) is 0 Å². The number of rotatable bonds is 5. The van der Waals surface area contributed by atoms with Gasteiger partial charge in [-0.25, -0.2) is 0 Å². The Kier molecular flexibility index (Phi) is 4.10. The lowest BCUT2D eigenvalue weighted by Crippen LogP contribution is -2.28. The van der Waals surface area contributed by atoms with Gasteiger partial charge in [0.05, 0.1) is 0 Å². The quantitative estimate of drug-likeness (QED) is 0.877. The summed E-state index contributed by atoms with van der Waals surface area (Å²) in [4.78, 5) is 4.37. The molecule has 0 bridgehead atoms. The normalized spacial score (nSPS) is 12.9. The smallest absolute Gasteiger partial charge is 0.228 e. The Morgan fingerprint density at radius 1 is 1.22 bits per heavy atom. The largest absolute Gasteiger partial charge is 0.339 e. The second-order valence-electron chi connectivity index (χ2n) is 4.88. The molecule has 2 aromatic rings. The Hall–Kier alpha value is -1.68. The van der Waals surface area contributed by atoms with Crippen LogP contribution in [0.4, 0.5) is 0 Å². The molecule has 0 aliphatic carbocycles. The average molecular weight is 245 g/mol. The van der Waals surface area contributed by atoms with Crippen LogP contribution in [0.25, 0.3) is 0 Å². The standard InChI is InChI=1S/C14H19N3O/c1-10(2)12(15)9-14-16-13(17-18-14)8-11-6-4-3-5-7-11/h3-7,10,12H,8-9,15H2,1-2H3. The van der Waals surface area contributed by atoms with Gasteiger partial charge in [-0.05, 0) is 11.5 Å². The fourth-order valence-corrected chi connectivity index (χ4v) is 1.66. The van der Waals surface area contributed by atoms with Gasteiger partial charge < -0.3 is 10.3 Å². The highest BCUT2D eigenvalue weighted by Gasteiger charge is 2.14. The van der Waals surface area contributed by atoms with Crippen LogP contribution in [0.1, 0.15) is 31.1 Å². The Balaban J connectivity index is 1.98. The summed E-state index contributed by atoms with van der Waals surface area (Å²) in [6.07, 6.45) is 1.33. The summed E-state index contributed by atoms with van der Waals surface area (Å²) in [7, 11) is 0. The van der Waals surface area contributed by atoms with Gasteiger partial charge in [0.1, 0.15) is 0 Å². The highest BCUT2D eigenvalue weighted by Crippen LogP contribution is 2.09. The molecule has 18 heavy (non-hydrogen) atoms. The van der Waals surface area contributed by atoms with Gasteiger partial charge in [0.25, 0.3) is 0 Å². The highest BCUT2D eigenvalue weighted by molar-refractivity contribution is 5.18. The lowest BCUT2D eigenvalue weighted by molar-refractivity contribution is 0.350. The molecule has 2 rings (SSSR count). The predicted molar refractivity (Wildman–Crippen MR) is 70.1 cm³/mol. The van der Waals surface area contributed by atoms with E-state index < -0.39 is 0 Å². The van der Waals surface area contributed by atoms with Gasteiger partial charge in [-0.2, -0.15) is 4.98 Å². The van der Waals surface area contributed by atoms with Crippen LogP contribution in [0.5, 0.6) is 0 Å². The molecule has 4 heteroatoms. The Bertz CT molecular complexity index is 479. The predicted octanol–water partition coefficient (Wildman–Crippen LogP) is 2.19. The maximum atomic E-state index is 5.98. The lowest BCUT2D eigenvalue weighted by Gasteiger charge is -2.11. The fraction of sp³-hybridized carbons (Fsp3) is 0.429. The molecule has 1 unspecified atom stereocenters. The van der Waals surface area contributed by atoms with Crippen molar-refractivity contribution in [1.29, 1.82) is 0 Å². The van der Waals surface area contributed by atoms with Crippen LogP contribution in [0.2, 0.25) is 0 Å². The molecule has 0 fully saturated rings. The number of hydrogen-bond donors (Lipinski definition) is 1. The van der Waals surface area contributed by atoms with E-state index in [1.807, 2.05) is 18.2 Å². The van der Waals surface area contributed by atoms with Crippen molar-refractivity contribution in [2.45, 2.75) is 32.7 Å². The molecule has 0 spiro atoms. The molecule has 1 aromatic carbocycles. The Morgan fingerprint density at radius 3 is 2.61 bits per heavy atom. The Labute approximate surface area is 107 Å². The van der Waals surface area contributed by atoms with Gasteiger partial charge >= 0.3 is 0 Å². The van der Waals surface area contributed by atoms with Crippen LogP contribution in [0.3, 0.4) is 0 Å². The summed E-state index contributed by atoms with van der Waals surface area (Å²) >= 11 is 0. The van der Waals surface area contributed by atoms with Crippen molar-refractivity contribution in [3.8, 4) is 0 Å². The molecule has 0 aliphatic rings. The molecule has 2 N–H and O–H groups in total. The van der Waals surface area contributed by atoms with Crippen LogP contribution in [-0.2, 0) is 12.8 Å². The molecule has 0 saturated heterocycles. The summed E-state index contributed by atoms with van der Waals surface area (Å²) in [6, 6.07) is 10.2. The minimum Gasteiger partial charge on any atom is -0.339 e. The third kappa shape index (κ3) is 3.40. The third-order valence-electron chi connectivity index (χ3n) is 2.98. The molecular formula is C14H19N3O. The zero-order valence-corrected chi connectivity index (χ0v) is 10.8. The van der Waals surface area contributed by atoms with Gasteiger partial charge in [-0.15, -0.1) is 0 Å². The number of benzene rings is 1. The fourth-order valence-electron chi connectivity index (χ4n) is 1.66. The molecular weight excluding hydrogens is 226 g/mol. The van der Waals surface area contributed by atoms with E-state index in [9.17, 15) is 0 Å². The number of nitrogens with zero attached hydrogens (tertiary/aromatic N) is 2. The SMILES string of the molecule is CC(C)C(N)Cc1nc(Cc2ccccc2)no1. The van der Waals surface area contributed by atoms with E-state index in [2.05, 4.69) is 36.1 Å². The first-order valence-corrected chi connectivity index (χ1v) is 6.26. The van der Waals surface area contributed by atoms with Crippen molar-refractivity contribution in [1.82, 2.24) is 10.1 Å². The first-order chi connectivity index (χ1) is 8.65. The maximum Gasteiger partial charge on any atom is 0.228 e. The minimum absolute atomic E-state index is 0.0648. The first-order valence-electron chi connectivity index (χ1n) is 6.26. The Morgan fingerprint density at radius 2 is 1.94 bits per heavy atom. The van der Waals surface area contributed by atoms with Crippen LogP contribution in [0.15, 0.2) is 34.9 Å². The minimum atomic E-state index is 0.0648. The second-order valence-corrected chi connectivity index (χ2v) is 4.88. The van der Waals surface area contributed by atoms with E-state index >= 15 is 0 Å². The molecule has 1 atom stereocenters. The summed E-state index contributed by atoms with van der Waals surface area (Å²) in [6.45, 7) is 4.18. The number of hydrogen-bond acceptors (Lipinski definition) is 4. The van der Waals surface area contributed by atoms with Gasteiger partial charge in [0, 0.05) is 18.9 Å². The molecule has 1 heterocycles. The number of nitrogens with two attached hydrogens (primary N) is 1. The van der Waals surface area contributed by atoms with Crippen molar-refractivity contribution in [2.24, 2.45) is 11.7 Å². The molecule has 4 nitrogen and oxygen atoms in total. The molecule has 0 amide bonds. The van der Waals surface area contributed by atoms with Gasteiger partial charge in [-0.3, -0.25) is 0 Å². The van der Waals surface area contributed by atoms with E-state index in [0.717, 1.165) is 0 Å². The van der Waals surface area contributed by atoms with Gasteiger partial charge in [0.15, 0.2) is 5.82 Å². The molecule has 0 radical (unpaired) electrons. The molecule has 0 aliphatic heterocycles. The van der Waals surface area contributed by atoms with Crippen molar-refractivity contribution in [3.63, 3.8) is 0 Å². The summed E-state index contributed by atoms with van der Waals surface area (Å²) in [5, 5.41) is 3.98. The summed E-state index contributed by atoms with van der Waals surface area (Å²) in [5.74, 6) is 1.75. The summed E-state index contributed by atoms with van der Waals surface area (Å²) in [5.41, 5.74) is 7.16. The van der Waals surface area contributed by atoms with Gasteiger partial charge in [0.2, 0.25) is 5.89 Å². The maximum absolute atomic E-state index is 5.98. The van der Waals surface area contributed by atoms with Crippen LogP contribution >= 0.6 is 0 Å². The molecule has 96 valence electrons. The second kappa shape index (κ2) is 5.78. The van der Waals surface area contributed by atoms with E-state index in [0.29, 0.717) is 30.5 Å².